The van der Waals surface area contributed by atoms with Gasteiger partial charge in [-0.1, -0.05) is 23.9 Å². The lowest BCUT2D eigenvalue weighted by Gasteiger charge is -2.01. The van der Waals surface area contributed by atoms with Crippen molar-refractivity contribution >= 4 is 28.6 Å². The summed E-state index contributed by atoms with van der Waals surface area (Å²) >= 11 is 1.61. The summed E-state index contributed by atoms with van der Waals surface area (Å²) in [6.07, 6.45) is 1.67. The van der Waals surface area contributed by atoms with E-state index in [9.17, 15) is 0 Å². The van der Waals surface area contributed by atoms with Crippen LogP contribution in [0.1, 0.15) is 11.3 Å². The van der Waals surface area contributed by atoms with Crippen molar-refractivity contribution in [2.45, 2.75) is 10.9 Å². The predicted molar refractivity (Wildman–Crippen MR) is 80.9 cm³/mol. The largest absolute Gasteiger partial charge is 0.382 e. The molecule has 0 saturated carbocycles. The second-order valence-electron chi connectivity index (χ2n) is 4.31. The van der Waals surface area contributed by atoms with Crippen molar-refractivity contribution in [1.29, 1.82) is 5.41 Å². The number of aromatic nitrogens is 3. The number of H-pyrrole nitrogens is 1. The molecule has 20 heavy (non-hydrogen) atoms. The van der Waals surface area contributed by atoms with E-state index in [-0.39, 0.29) is 5.84 Å². The molecule has 5 nitrogen and oxygen atoms in total. The maximum absolute atomic E-state index is 7.39. The van der Waals surface area contributed by atoms with E-state index in [1.165, 1.54) is 0 Å². The molecule has 6 heteroatoms. The normalized spacial score (nSPS) is 10.8. The number of pyridine rings is 1. The number of nitrogens with two attached hydrogens (primary N) is 1. The zero-order valence-corrected chi connectivity index (χ0v) is 11.4. The van der Waals surface area contributed by atoms with E-state index < -0.39 is 0 Å². The minimum Gasteiger partial charge on any atom is -0.382 e. The van der Waals surface area contributed by atoms with Crippen molar-refractivity contribution in [1.82, 2.24) is 15.0 Å². The first-order valence-corrected chi connectivity index (χ1v) is 7.08. The van der Waals surface area contributed by atoms with E-state index in [0.717, 1.165) is 27.5 Å². The molecule has 0 fully saturated rings. The van der Waals surface area contributed by atoms with Gasteiger partial charge in [-0.05, 0) is 29.8 Å². The Morgan fingerprint density at radius 2 is 2.15 bits per heavy atom. The van der Waals surface area contributed by atoms with Crippen molar-refractivity contribution in [3.63, 3.8) is 0 Å². The summed E-state index contributed by atoms with van der Waals surface area (Å²) in [6, 6.07) is 11.7. The third-order valence-electron chi connectivity index (χ3n) is 2.84. The number of amidine groups is 1. The van der Waals surface area contributed by atoms with Crippen LogP contribution in [0.25, 0.3) is 11.0 Å². The molecule has 0 aliphatic heterocycles. The number of fused-ring (bicyclic) bond motifs is 1. The number of thioether (sulfide) groups is 1. The molecule has 0 unspecified atom stereocenters. The number of nitrogens with zero attached hydrogens (tertiary/aromatic N) is 2. The third-order valence-corrected chi connectivity index (χ3v) is 3.79. The first kappa shape index (κ1) is 12.7. The average molecular weight is 283 g/mol. The molecular weight excluding hydrogens is 270 g/mol. The molecule has 0 saturated heterocycles. The molecule has 0 bridgehead atoms. The summed E-state index contributed by atoms with van der Waals surface area (Å²) in [6.45, 7) is 0. The maximum atomic E-state index is 7.39. The fourth-order valence-corrected chi connectivity index (χ4v) is 2.69. The van der Waals surface area contributed by atoms with Gasteiger partial charge in [0.1, 0.15) is 11.5 Å². The number of nitrogen functional groups attached to an aromatic ring is 1. The summed E-state index contributed by atoms with van der Waals surface area (Å²) in [5.74, 6) is 0.739. The van der Waals surface area contributed by atoms with Crippen LogP contribution in [0.3, 0.4) is 0 Å². The summed E-state index contributed by atoms with van der Waals surface area (Å²) in [5.41, 5.74) is 9.01. The lowest BCUT2D eigenvalue weighted by molar-refractivity contribution is 1.08. The Morgan fingerprint density at radius 3 is 2.95 bits per heavy atom. The van der Waals surface area contributed by atoms with Crippen molar-refractivity contribution in [2.24, 2.45) is 5.73 Å². The SMILES string of the molecule is N=C(N)c1cc(CSc2nc3ccccc3[nH]2)ccn1. The molecule has 3 rings (SSSR count). The van der Waals surface area contributed by atoms with Gasteiger partial charge in [0.25, 0.3) is 0 Å². The number of hydrogen-bond donors (Lipinski definition) is 3. The van der Waals surface area contributed by atoms with E-state index in [4.69, 9.17) is 11.1 Å². The van der Waals surface area contributed by atoms with Crippen LogP contribution in [0.2, 0.25) is 0 Å². The maximum Gasteiger partial charge on any atom is 0.166 e. The summed E-state index contributed by atoms with van der Waals surface area (Å²) in [4.78, 5) is 11.8. The highest BCUT2D eigenvalue weighted by Crippen LogP contribution is 2.22. The number of aromatic amines is 1. The van der Waals surface area contributed by atoms with E-state index >= 15 is 0 Å². The van der Waals surface area contributed by atoms with Crippen LogP contribution in [0.4, 0.5) is 0 Å². The molecule has 0 aliphatic rings. The highest BCUT2D eigenvalue weighted by Gasteiger charge is 2.04. The zero-order chi connectivity index (χ0) is 13.9. The molecule has 4 N–H and O–H groups in total. The smallest absolute Gasteiger partial charge is 0.166 e. The Hall–Kier alpha value is -2.34. The molecule has 0 amide bonds. The second kappa shape index (κ2) is 5.34. The van der Waals surface area contributed by atoms with Crippen molar-refractivity contribution in [3.05, 3.63) is 53.9 Å². The van der Waals surface area contributed by atoms with Gasteiger partial charge in [-0.3, -0.25) is 10.4 Å². The van der Waals surface area contributed by atoms with Crippen LogP contribution in [0.15, 0.2) is 47.8 Å². The second-order valence-corrected chi connectivity index (χ2v) is 5.27. The highest BCUT2D eigenvalue weighted by molar-refractivity contribution is 7.98. The molecule has 0 aliphatic carbocycles. The summed E-state index contributed by atoms with van der Waals surface area (Å²) in [7, 11) is 0. The van der Waals surface area contributed by atoms with Gasteiger partial charge < -0.3 is 10.7 Å². The van der Waals surface area contributed by atoms with Gasteiger partial charge >= 0.3 is 0 Å². The standard InChI is InChI=1S/C14H13N5S/c15-13(16)12-7-9(5-6-17-12)8-20-14-18-10-3-1-2-4-11(10)19-14/h1-7H,8H2,(H3,15,16)(H,18,19). The molecule has 2 aromatic heterocycles. The van der Waals surface area contributed by atoms with E-state index in [2.05, 4.69) is 15.0 Å². The quantitative estimate of drug-likeness (QED) is 0.390. The van der Waals surface area contributed by atoms with Crippen LogP contribution in [-0.4, -0.2) is 20.8 Å². The van der Waals surface area contributed by atoms with Crippen LogP contribution in [0, 0.1) is 5.41 Å². The van der Waals surface area contributed by atoms with Gasteiger partial charge in [0.05, 0.1) is 11.0 Å². The van der Waals surface area contributed by atoms with Crippen LogP contribution in [-0.2, 0) is 5.75 Å². The first-order valence-electron chi connectivity index (χ1n) is 6.09. The number of benzene rings is 1. The summed E-state index contributed by atoms with van der Waals surface area (Å²) in [5, 5.41) is 8.27. The Bertz CT molecular complexity index is 732. The average Bonchev–Trinajstić information content (AvgIpc) is 2.88. The Balaban J connectivity index is 1.75. The van der Waals surface area contributed by atoms with Crippen LogP contribution < -0.4 is 5.73 Å². The molecule has 2 heterocycles. The number of para-hydroxylation sites is 2. The molecule has 0 radical (unpaired) electrons. The minimum absolute atomic E-state index is 0.0133. The van der Waals surface area contributed by atoms with Crippen molar-refractivity contribution in [3.8, 4) is 0 Å². The van der Waals surface area contributed by atoms with Gasteiger partial charge in [0.2, 0.25) is 0 Å². The van der Waals surface area contributed by atoms with Crippen LogP contribution >= 0.6 is 11.8 Å². The minimum atomic E-state index is -0.0133. The molecule has 0 spiro atoms. The van der Waals surface area contributed by atoms with E-state index in [1.54, 1.807) is 18.0 Å². The van der Waals surface area contributed by atoms with Gasteiger partial charge in [-0.25, -0.2) is 4.98 Å². The number of rotatable bonds is 4. The van der Waals surface area contributed by atoms with Gasteiger partial charge in [-0.2, -0.15) is 0 Å². The molecule has 100 valence electrons. The van der Waals surface area contributed by atoms with Gasteiger partial charge in [0.15, 0.2) is 5.16 Å². The molecular formula is C14H13N5S. The Kier molecular flexibility index (Phi) is 3.39. The Morgan fingerprint density at radius 1 is 1.30 bits per heavy atom. The van der Waals surface area contributed by atoms with E-state index in [0.29, 0.717) is 5.69 Å². The molecule has 1 aromatic carbocycles. The van der Waals surface area contributed by atoms with Crippen molar-refractivity contribution < 1.29 is 0 Å². The topological polar surface area (TPSA) is 91.4 Å². The first-order chi connectivity index (χ1) is 9.72. The lowest BCUT2D eigenvalue weighted by Crippen LogP contribution is -2.13. The number of imidazole rings is 1. The monoisotopic (exact) mass is 283 g/mol. The van der Waals surface area contributed by atoms with Crippen LogP contribution in [0.5, 0.6) is 0 Å². The van der Waals surface area contributed by atoms with Gasteiger partial charge in [-0.15, -0.1) is 0 Å². The lowest BCUT2D eigenvalue weighted by atomic mass is 10.2. The molecule has 0 atom stereocenters. The number of nitrogens with one attached hydrogen (secondary N) is 2. The molecule has 3 aromatic rings. The predicted octanol–water partition coefficient (Wildman–Crippen LogP) is 2.53. The fourth-order valence-electron chi connectivity index (χ4n) is 1.86. The van der Waals surface area contributed by atoms with E-state index in [1.807, 2.05) is 36.4 Å². The zero-order valence-electron chi connectivity index (χ0n) is 10.6. The highest BCUT2D eigenvalue weighted by atomic mass is 32.2. The fraction of sp³-hybridized carbons (Fsp3) is 0.0714. The number of hydrogen-bond acceptors (Lipinski definition) is 4. The summed E-state index contributed by atoms with van der Waals surface area (Å²) < 4.78 is 0. The van der Waals surface area contributed by atoms with Crippen molar-refractivity contribution in [2.75, 3.05) is 0 Å². The third kappa shape index (κ3) is 2.65. The Labute approximate surface area is 120 Å². The van der Waals surface area contributed by atoms with Gasteiger partial charge in [0, 0.05) is 11.9 Å².